The number of imide groups is 1. The van der Waals surface area contributed by atoms with E-state index in [1.165, 1.54) is 6.08 Å². The Hall–Kier alpha value is -2.15. The SMILES string of the molecule is O=C(O)COc1c(Br)cc(C=C2NC(=O)N(CC(=O)O)C2=O)cc1I. The van der Waals surface area contributed by atoms with Crippen LogP contribution in [0.25, 0.3) is 6.08 Å². The molecule has 9 nitrogen and oxygen atoms in total. The van der Waals surface area contributed by atoms with Crippen molar-refractivity contribution in [3.8, 4) is 5.75 Å². The standard InChI is InChI=1S/C14H10BrIN2O7/c15-7-1-6(2-8(16)12(7)25-5-11(21)22)3-9-13(23)18(4-10(19)20)14(24)17-9/h1-3H,4-5H2,(H,17,24)(H,19,20)(H,21,22). The van der Waals surface area contributed by atoms with Crippen LogP contribution in [0, 0.1) is 3.57 Å². The Bertz CT molecular complexity index is 785. The Kier molecular flexibility index (Phi) is 6.00. The van der Waals surface area contributed by atoms with Gasteiger partial charge in [-0.3, -0.25) is 9.59 Å². The van der Waals surface area contributed by atoms with Crippen LogP contribution in [-0.4, -0.2) is 52.1 Å². The van der Waals surface area contributed by atoms with Gasteiger partial charge in [0, 0.05) is 0 Å². The molecule has 0 spiro atoms. The molecule has 0 radical (unpaired) electrons. The number of carbonyl (C=O) groups excluding carboxylic acids is 2. The number of nitrogens with one attached hydrogen (secondary N) is 1. The van der Waals surface area contributed by atoms with Crippen molar-refractivity contribution in [3.05, 3.63) is 31.4 Å². The fourth-order valence-electron chi connectivity index (χ4n) is 1.95. The third-order valence-electron chi connectivity index (χ3n) is 2.93. The van der Waals surface area contributed by atoms with Crippen LogP contribution in [-0.2, 0) is 14.4 Å². The van der Waals surface area contributed by atoms with Crippen LogP contribution in [0.1, 0.15) is 5.56 Å². The van der Waals surface area contributed by atoms with Crippen LogP contribution in [0.3, 0.4) is 0 Å². The summed E-state index contributed by atoms with van der Waals surface area (Å²) >= 11 is 5.19. The first kappa shape index (κ1) is 19.2. The van der Waals surface area contributed by atoms with E-state index in [4.69, 9.17) is 14.9 Å². The zero-order chi connectivity index (χ0) is 18.7. The van der Waals surface area contributed by atoms with Crippen LogP contribution >= 0.6 is 38.5 Å². The molecule has 0 saturated carbocycles. The van der Waals surface area contributed by atoms with Crippen molar-refractivity contribution >= 4 is 68.5 Å². The van der Waals surface area contributed by atoms with Gasteiger partial charge in [0.25, 0.3) is 5.91 Å². The maximum atomic E-state index is 12.1. The quantitative estimate of drug-likeness (QED) is 0.292. The van der Waals surface area contributed by atoms with Crippen molar-refractivity contribution < 1.29 is 34.1 Å². The molecule has 1 aliphatic rings. The lowest BCUT2D eigenvalue weighted by Crippen LogP contribution is -2.35. The van der Waals surface area contributed by atoms with Crippen molar-refractivity contribution in [3.63, 3.8) is 0 Å². The van der Waals surface area contributed by atoms with Crippen LogP contribution < -0.4 is 10.1 Å². The van der Waals surface area contributed by atoms with Gasteiger partial charge in [-0.25, -0.2) is 14.5 Å². The van der Waals surface area contributed by atoms with Gasteiger partial charge in [-0.15, -0.1) is 0 Å². The second-order valence-corrected chi connectivity index (χ2v) is 6.79. The van der Waals surface area contributed by atoms with E-state index in [-0.39, 0.29) is 5.70 Å². The van der Waals surface area contributed by atoms with Crippen molar-refractivity contribution in [2.45, 2.75) is 0 Å². The molecular weight excluding hydrogens is 515 g/mol. The van der Waals surface area contributed by atoms with E-state index in [0.29, 0.717) is 24.3 Å². The average molecular weight is 525 g/mol. The maximum Gasteiger partial charge on any atom is 0.341 e. The predicted molar refractivity (Wildman–Crippen MR) is 95.8 cm³/mol. The fraction of sp³-hybridized carbons (Fsp3) is 0.143. The third kappa shape index (κ3) is 4.69. The van der Waals surface area contributed by atoms with E-state index in [0.717, 1.165) is 0 Å². The number of urea groups is 1. The highest BCUT2D eigenvalue weighted by Gasteiger charge is 2.34. The van der Waals surface area contributed by atoms with Crippen LogP contribution in [0.2, 0.25) is 0 Å². The number of nitrogens with zero attached hydrogens (tertiary/aromatic N) is 1. The zero-order valence-corrected chi connectivity index (χ0v) is 16.0. The summed E-state index contributed by atoms with van der Waals surface area (Å²) in [6, 6.07) is 2.38. The Balaban J connectivity index is 2.26. The molecule has 1 fully saturated rings. The summed E-state index contributed by atoms with van der Waals surface area (Å²) in [5.41, 5.74) is 0.466. The van der Waals surface area contributed by atoms with Gasteiger partial charge in [0.2, 0.25) is 0 Å². The molecule has 11 heteroatoms. The smallest absolute Gasteiger partial charge is 0.341 e. The minimum atomic E-state index is -1.30. The summed E-state index contributed by atoms with van der Waals surface area (Å²) in [5.74, 6) is -2.84. The number of carboxylic acids is 2. The zero-order valence-electron chi connectivity index (χ0n) is 12.3. The Morgan fingerprint density at radius 1 is 1.28 bits per heavy atom. The highest BCUT2D eigenvalue weighted by Crippen LogP contribution is 2.33. The highest BCUT2D eigenvalue weighted by molar-refractivity contribution is 14.1. The monoisotopic (exact) mass is 524 g/mol. The highest BCUT2D eigenvalue weighted by atomic mass is 127. The molecule has 3 N–H and O–H groups in total. The molecule has 3 amide bonds. The van der Waals surface area contributed by atoms with E-state index in [1.807, 2.05) is 22.6 Å². The first-order valence-corrected chi connectivity index (χ1v) is 8.46. The Labute approximate surface area is 162 Å². The first-order chi connectivity index (χ1) is 11.7. The normalized spacial score (nSPS) is 15.4. The van der Waals surface area contributed by atoms with E-state index in [1.54, 1.807) is 12.1 Å². The number of amides is 3. The van der Waals surface area contributed by atoms with Gasteiger partial charge in [0.15, 0.2) is 6.61 Å². The lowest BCUT2D eigenvalue weighted by Gasteiger charge is -2.10. The number of aliphatic carboxylic acids is 2. The molecule has 1 aliphatic heterocycles. The molecule has 0 unspecified atom stereocenters. The van der Waals surface area contributed by atoms with Gasteiger partial charge >= 0.3 is 18.0 Å². The number of rotatable bonds is 6. The van der Waals surface area contributed by atoms with E-state index < -0.39 is 37.0 Å². The Morgan fingerprint density at radius 3 is 2.52 bits per heavy atom. The maximum absolute atomic E-state index is 12.1. The van der Waals surface area contributed by atoms with Crippen molar-refractivity contribution in [2.75, 3.05) is 13.2 Å². The van der Waals surface area contributed by atoms with Crippen LogP contribution in [0.15, 0.2) is 22.3 Å². The van der Waals surface area contributed by atoms with Crippen LogP contribution in [0.5, 0.6) is 5.75 Å². The summed E-state index contributed by atoms with van der Waals surface area (Å²) in [6.07, 6.45) is 1.38. The molecular formula is C14H10BrIN2O7. The first-order valence-electron chi connectivity index (χ1n) is 6.59. The number of ether oxygens (including phenoxy) is 1. The number of halogens is 2. The molecule has 1 aromatic carbocycles. The fourth-order valence-corrected chi connectivity index (χ4v) is 3.72. The Morgan fingerprint density at radius 2 is 1.96 bits per heavy atom. The van der Waals surface area contributed by atoms with Gasteiger partial charge in [-0.1, -0.05) is 0 Å². The van der Waals surface area contributed by atoms with Gasteiger partial charge < -0.3 is 20.3 Å². The molecule has 132 valence electrons. The largest absolute Gasteiger partial charge is 0.480 e. The molecule has 0 bridgehead atoms. The number of carboxylic acid groups (broad SMARTS) is 2. The predicted octanol–water partition coefficient (Wildman–Crippen LogP) is 1.49. The second kappa shape index (κ2) is 7.82. The molecule has 2 rings (SSSR count). The van der Waals surface area contributed by atoms with Gasteiger partial charge in [0.1, 0.15) is 18.0 Å². The summed E-state index contributed by atoms with van der Waals surface area (Å²) in [6.45, 7) is -1.24. The lowest BCUT2D eigenvalue weighted by molar-refractivity contribution is -0.140. The van der Waals surface area contributed by atoms with Crippen molar-refractivity contribution in [1.29, 1.82) is 0 Å². The molecule has 0 aromatic heterocycles. The topological polar surface area (TPSA) is 133 Å². The number of benzene rings is 1. The number of hydrogen-bond acceptors (Lipinski definition) is 5. The number of carbonyl (C=O) groups is 4. The molecule has 0 atom stereocenters. The minimum Gasteiger partial charge on any atom is -0.480 e. The summed E-state index contributed by atoms with van der Waals surface area (Å²) in [5, 5.41) is 19.7. The minimum absolute atomic E-state index is 0.0619. The van der Waals surface area contributed by atoms with Gasteiger partial charge in [-0.2, -0.15) is 0 Å². The molecule has 0 aliphatic carbocycles. The van der Waals surface area contributed by atoms with E-state index in [9.17, 15) is 19.2 Å². The molecule has 1 aromatic rings. The average Bonchev–Trinajstić information content (AvgIpc) is 2.73. The van der Waals surface area contributed by atoms with E-state index in [2.05, 4.69) is 21.2 Å². The molecule has 1 heterocycles. The third-order valence-corrected chi connectivity index (χ3v) is 4.32. The lowest BCUT2D eigenvalue weighted by atomic mass is 10.2. The summed E-state index contributed by atoms with van der Waals surface area (Å²) < 4.78 is 6.22. The van der Waals surface area contributed by atoms with Crippen LogP contribution in [0.4, 0.5) is 4.79 Å². The van der Waals surface area contributed by atoms with Gasteiger partial charge in [0.05, 0.1) is 8.04 Å². The van der Waals surface area contributed by atoms with Crippen molar-refractivity contribution in [1.82, 2.24) is 10.2 Å². The second-order valence-electron chi connectivity index (χ2n) is 4.77. The van der Waals surface area contributed by atoms with E-state index >= 15 is 0 Å². The molecule has 25 heavy (non-hydrogen) atoms. The molecule has 1 saturated heterocycles. The summed E-state index contributed by atoms with van der Waals surface area (Å²) in [7, 11) is 0. The number of hydrogen-bond donors (Lipinski definition) is 3. The van der Waals surface area contributed by atoms with Gasteiger partial charge in [-0.05, 0) is 62.3 Å². The van der Waals surface area contributed by atoms with Crippen molar-refractivity contribution in [2.24, 2.45) is 0 Å². The summed E-state index contributed by atoms with van der Waals surface area (Å²) in [4.78, 5) is 45.6.